The van der Waals surface area contributed by atoms with Crippen LogP contribution in [0.1, 0.15) is 24.8 Å². The molecular weight excluding hydrogens is 234 g/mol. The molecule has 1 aromatic heterocycles. The highest BCUT2D eigenvalue weighted by Gasteiger charge is 2.10. The van der Waals surface area contributed by atoms with Crippen LogP contribution in [0.25, 0.3) is 0 Å². The van der Waals surface area contributed by atoms with Crippen LogP contribution in [0.4, 0.5) is 4.79 Å². The van der Waals surface area contributed by atoms with Crippen molar-refractivity contribution in [2.75, 3.05) is 26.8 Å². The van der Waals surface area contributed by atoms with Crippen molar-refractivity contribution in [3.63, 3.8) is 0 Å². The minimum absolute atomic E-state index is 0.118. The van der Waals surface area contributed by atoms with Gasteiger partial charge in [-0.1, -0.05) is 5.16 Å². The molecule has 6 heteroatoms. The van der Waals surface area contributed by atoms with Crippen LogP contribution in [0.15, 0.2) is 10.6 Å². The number of hydrogen-bond donors (Lipinski definition) is 1. The maximum Gasteiger partial charge on any atom is 0.317 e. The normalized spacial score (nSPS) is 10.4. The van der Waals surface area contributed by atoms with Gasteiger partial charge in [0.1, 0.15) is 11.5 Å². The van der Waals surface area contributed by atoms with Crippen LogP contribution in [-0.4, -0.2) is 42.9 Å². The van der Waals surface area contributed by atoms with E-state index in [1.54, 1.807) is 11.9 Å². The van der Waals surface area contributed by atoms with E-state index in [1.165, 1.54) is 0 Å². The van der Waals surface area contributed by atoms with Gasteiger partial charge in [0.2, 0.25) is 0 Å². The van der Waals surface area contributed by atoms with Gasteiger partial charge >= 0.3 is 6.03 Å². The minimum Gasteiger partial charge on any atom is -0.382 e. The van der Waals surface area contributed by atoms with Gasteiger partial charge in [-0.15, -0.1) is 0 Å². The zero-order chi connectivity index (χ0) is 13.4. The predicted octanol–water partition coefficient (Wildman–Crippen LogP) is 1.55. The molecule has 0 bridgehead atoms. The molecule has 0 atom stereocenters. The predicted molar refractivity (Wildman–Crippen MR) is 67.2 cm³/mol. The molecule has 0 fully saturated rings. The van der Waals surface area contributed by atoms with Gasteiger partial charge in [-0.3, -0.25) is 0 Å². The number of carbonyl (C=O) groups is 1. The van der Waals surface area contributed by atoms with Crippen molar-refractivity contribution in [3.8, 4) is 0 Å². The Morgan fingerprint density at radius 1 is 1.61 bits per heavy atom. The maximum atomic E-state index is 11.7. The number of nitrogens with zero attached hydrogens (tertiary/aromatic N) is 2. The summed E-state index contributed by atoms with van der Waals surface area (Å²) in [4.78, 5) is 13.3. The van der Waals surface area contributed by atoms with Gasteiger partial charge in [0, 0.05) is 32.9 Å². The Labute approximate surface area is 107 Å². The zero-order valence-electron chi connectivity index (χ0n) is 11.2. The van der Waals surface area contributed by atoms with E-state index >= 15 is 0 Å². The molecule has 6 nitrogen and oxygen atoms in total. The van der Waals surface area contributed by atoms with Gasteiger partial charge in [-0.25, -0.2) is 4.79 Å². The largest absolute Gasteiger partial charge is 0.382 e. The number of nitrogens with one attached hydrogen (secondary N) is 1. The average molecular weight is 255 g/mol. The van der Waals surface area contributed by atoms with Gasteiger partial charge in [0.25, 0.3) is 0 Å². The third kappa shape index (κ3) is 5.18. The van der Waals surface area contributed by atoms with Crippen LogP contribution in [0, 0.1) is 6.92 Å². The van der Waals surface area contributed by atoms with Gasteiger partial charge in [-0.2, -0.15) is 0 Å². The average Bonchev–Trinajstić information content (AvgIpc) is 2.74. The SMILES string of the molecule is CCOCCCNC(=O)N(C)Cc1cc(C)on1. The number of carbonyl (C=O) groups excluding carboxylic acids is 1. The van der Waals surface area contributed by atoms with E-state index in [1.807, 2.05) is 19.9 Å². The molecular formula is C12H21N3O3. The fraction of sp³-hybridized carbons (Fsp3) is 0.667. The Morgan fingerprint density at radius 3 is 3.00 bits per heavy atom. The molecule has 0 aliphatic carbocycles. The minimum atomic E-state index is -0.118. The summed E-state index contributed by atoms with van der Waals surface area (Å²) in [5.74, 6) is 0.746. The van der Waals surface area contributed by atoms with Crippen LogP contribution in [0.5, 0.6) is 0 Å². The van der Waals surface area contributed by atoms with E-state index in [-0.39, 0.29) is 6.03 Å². The molecule has 0 spiro atoms. The molecule has 1 aromatic rings. The zero-order valence-corrected chi connectivity index (χ0v) is 11.2. The lowest BCUT2D eigenvalue weighted by molar-refractivity contribution is 0.144. The first-order chi connectivity index (χ1) is 8.63. The topological polar surface area (TPSA) is 67.6 Å². The van der Waals surface area contributed by atoms with E-state index in [4.69, 9.17) is 9.26 Å². The maximum absolute atomic E-state index is 11.7. The lowest BCUT2D eigenvalue weighted by atomic mass is 10.3. The summed E-state index contributed by atoms with van der Waals surface area (Å²) in [6, 6.07) is 1.70. The molecule has 0 aromatic carbocycles. The third-order valence-electron chi connectivity index (χ3n) is 2.37. The highest BCUT2D eigenvalue weighted by Crippen LogP contribution is 2.04. The summed E-state index contributed by atoms with van der Waals surface area (Å²) in [5.41, 5.74) is 0.750. The van der Waals surface area contributed by atoms with Crippen molar-refractivity contribution in [2.45, 2.75) is 26.8 Å². The fourth-order valence-corrected chi connectivity index (χ4v) is 1.46. The number of hydrogen-bond acceptors (Lipinski definition) is 4. The number of urea groups is 1. The van der Waals surface area contributed by atoms with E-state index in [9.17, 15) is 4.79 Å². The Hall–Kier alpha value is -1.56. The molecule has 1 N–H and O–H groups in total. The Balaban J connectivity index is 2.20. The standard InChI is InChI=1S/C12H21N3O3/c1-4-17-7-5-6-13-12(16)15(3)9-11-8-10(2)18-14-11/h8H,4-7,9H2,1-3H3,(H,13,16). The molecule has 0 saturated carbocycles. The lowest BCUT2D eigenvalue weighted by Gasteiger charge is -2.16. The van der Waals surface area contributed by atoms with E-state index in [0.717, 1.165) is 17.9 Å². The molecule has 18 heavy (non-hydrogen) atoms. The molecule has 0 aliphatic heterocycles. The van der Waals surface area contributed by atoms with E-state index < -0.39 is 0 Å². The first-order valence-corrected chi connectivity index (χ1v) is 6.12. The number of aryl methyl sites for hydroxylation is 1. The molecule has 0 aliphatic rings. The van der Waals surface area contributed by atoms with Crippen molar-refractivity contribution in [2.24, 2.45) is 0 Å². The highest BCUT2D eigenvalue weighted by molar-refractivity contribution is 5.73. The lowest BCUT2D eigenvalue weighted by Crippen LogP contribution is -2.37. The number of ether oxygens (including phenoxy) is 1. The van der Waals surface area contributed by atoms with Gasteiger partial charge in [-0.05, 0) is 20.3 Å². The van der Waals surface area contributed by atoms with Crippen LogP contribution in [0.3, 0.4) is 0 Å². The smallest absolute Gasteiger partial charge is 0.317 e. The molecule has 0 saturated heterocycles. The molecule has 2 amide bonds. The Bertz CT molecular complexity index is 365. The molecule has 1 rings (SSSR count). The first-order valence-electron chi connectivity index (χ1n) is 6.12. The van der Waals surface area contributed by atoms with E-state index in [2.05, 4.69) is 10.5 Å². The second-order valence-corrected chi connectivity index (χ2v) is 4.07. The summed E-state index contributed by atoms with van der Waals surface area (Å²) in [6.45, 7) is 6.20. The highest BCUT2D eigenvalue weighted by atomic mass is 16.5. The summed E-state index contributed by atoms with van der Waals surface area (Å²) in [6.07, 6.45) is 0.816. The fourth-order valence-electron chi connectivity index (χ4n) is 1.46. The quantitative estimate of drug-likeness (QED) is 0.751. The van der Waals surface area contributed by atoms with Crippen molar-refractivity contribution in [1.29, 1.82) is 0 Å². The van der Waals surface area contributed by atoms with Crippen LogP contribution in [0.2, 0.25) is 0 Å². The Morgan fingerprint density at radius 2 is 2.39 bits per heavy atom. The van der Waals surface area contributed by atoms with Crippen molar-refractivity contribution in [3.05, 3.63) is 17.5 Å². The number of aromatic nitrogens is 1. The summed E-state index contributed by atoms with van der Waals surface area (Å²) < 4.78 is 10.1. The van der Waals surface area contributed by atoms with Crippen LogP contribution < -0.4 is 5.32 Å². The monoisotopic (exact) mass is 255 g/mol. The van der Waals surface area contributed by atoms with Gasteiger partial charge in [0.15, 0.2) is 0 Å². The van der Waals surface area contributed by atoms with Crippen LogP contribution in [-0.2, 0) is 11.3 Å². The number of amides is 2. The Kier molecular flexibility index (Phi) is 6.21. The summed E-state index contributed by atoms with van der Waals surface area (Å²) in [7, 11) is 1.72. The second kappa shape index (κ2) is 7.71. The summed E-state index contributed by atoms with van der Waals surface area (Å²) in [5, 5.41) is 6.66. The summed E-state index contributed by atoms with van der Waals surface area (Å²) >= 11 is 0. The van der Waals surface area contributed by atoms with Crippen LogP contribution >= 0.6 is 0 Å². The molecule has 0 radical (unpaired) electrons. The first kappa shape index (κ1) is 14.5. The van der Waals surface area contributed by atoms with Gasteiger partial charge < -0.3 is 19.5 Å². The van der Waals surface area contributed by atoms with Crippen molar-refractivity contribution < 1.29 is 14.1 Å². The second-order valence-electron chi connectivity index (χ2n) is 4.07. The van der Waals surface area contributed by atoms with Gasteiger partial charge in [0.05, 0.1) is 6.54 Å². The van der Waals surface area contributed by atoms with Crippen molar-refractivity contribution in [1.82, 2.24) is 15.4 Å². The number of rotatable bonds is 7. The molecule has 102 valence electrons. The van der Waals surface area contributed by atoms with Crippen molar-refractivity contribution >= 4 is 6.03 Å². The third-order valence-corrected chi connectivity index (χ3v) is 2.37. The molecule has 1 heterocycles. The molecule has 0 unspecified atom stereocenters. The van der Waals surface area contributed by atoms with E-state index in [0.29, 0.717) is 26.3 Å².